The third-order valence-corrected chi connectivity index (χ3v) is 1.17. The Labute approximate surface area is 62.3 Å². The number of halogens is 2. The van der Waals surface area contributed by atoms with Crippen molar-refractivity contribution in [1.82, 2.24) is 0 Å². The Morgan fingerprint density at radius 3 is 2.55 bits per heavy atom. The zero-order valence-corrected chi connectivity index (χ0v) is 5.59. The van der Waals surface area contributed by atoms with Crippen molar-refractivity contribution >= 4 is 6.21 Å². The minimum atomic E-state index is -0.901. The van der Waals surface area contributed by atoms with Crippen LogP contribution in [0.3, 0.4) is 0 Å². The van der Waals surface area contributed by atoms with Crippen LogP contribution in [0.25, 0.3) is 0 Å². The fraction of sp³-hybridized carbons (Fsp3) is 0. The number of hydrogen-bond donors (Lipinski definition) is 1. The molecular formula is C7H6F2N2. The van der Waals surface area contributed by atoms with Crippen molar-refractivity contribution < 1.29 is 8.78 Å². The number of nitrogens with zero attached hydrogens (tertiary/aromatic N) is 1. The maximum atomic E-state index is 12.4. The summed E-state index contributed by atoms with van der Waals surface area (Å²) in [4.78, 5) is 0. The molecule has 0 amide bonds. The molecule has 2 N–H and O–H groups in total. The van der Waals surface area contributed by atoms with Crippen molar-refractivity contribution in [1.29, 1.82) is 0 Å². The summed E-state index contributed by atoms with van der Waals surface area (Å²) in [6, 6.07) is 3.42. The molecule has 0 aliphatic rings. The largest absolute Gasteiger partial charge is 0.323 e. The van der Waals surface area contributed by atoms with E-state index in [9.17, 15) is 8.78 Å². The predicted molar refractivity (Wildman–Crippen MR) is 38.1 cm³/mol. The zero-order chi connectivity index (χ0) is 8.27. The fourth-order valence-corrected chi connectivity index (χ4v) is 0.679. The number of hydrogen-bond acceptors (Lipinski definition) is 2. The Morgan fingerprint density at radius 1 is 1.27 bits per heavy atom. The Bertz CT molecular complexity index is 284. The maximum Gasteiger partial charge on any atom is 0.159 e. The molecule has 0 fully saturated rings. The van der Waals surface area contributed by atoms with Gasteiger partial charge in [-0.2, -0.15) is 5.10 Å². The number of hydrazone groups is 1. The van der Waals surface area contributed by atoms with E-state index in [-0.39, 0.29) is 0 Å². The number of rotatable bonds is 1. The lowest BCUT2D eigenvalue weighted by atomic mass is 10.2. The molecule has 0 heterocycles. The first-order valence-electron chi connectivity index (χ1n) is 2.92. The number of benzene rings is 1. The lowest BCUT2D eigenvalue weighted by Gasteiger charge is -1.92. The molecule has 0 aromatic heterocycles. The van der Waals surface area contributed by atoms with Gasteiger partial charge in [-0.1, -0.05) is 6.07 Å². The Balaban J connectivity index is 3.05. The van der Waals surface area contributed by atoms with E-state index in [1.807, 2.05) is 0 Å². The summed E-state index contributed by atoms with van der Waals surface area (Å²) in [5, 5.41) is 3.16. The molecule has 0 saturated heterocycles. The van der Waals surface area contributed by atoms with Crippen LogP contribution in [-0.2, 0) is 0 Å². The average molecular weight is 156 g/mol. The normalized spacial score (nSPS) is 10.7. The first-order chi connectivity index (χ1) is 5.24. The number of nitrogens with two attached hydrogens (primary N) is 1. The SMILES string of the molecule is N/N=C/c1ccc(F)c(F)c1. The van der Waals surface area contributed by atoms with E-state index in [1.165, 1.54) is 12.3 Å². The van der Waals surface area contributed by atoms with Crippen molar-refractivity contribution in [3.05, 3.63) is 35.4 Å². The van der Waals surface area contributed by atoms with Crippen LogP contribution in [0.1, 0.15) is 5.56 Å². The molecule has 0 unspecified atom stereocenters. The zero-order valence-electron chi connectivity index (χ0n) is 5.59. The van der Waals surface area contributed by atoms with Gasteiger partial charge in [0.2, 0.25) is 0 Å². The van der Waals surface area contributed by atoms with Crippen molar-refractivity contribution in [3.8, 4) is 0 Å². The summed E-state index contributed by atoms with van der Waals surface area (Å²) >= 11 is 0. The maximum absolute atomic E-state index is 12.4. The van der Waals surface area contributed by atoms with Crippen LogP contribution < -0.4 is 5.84 Å². The highest BCUT2D eigenvalue weighted by Crippen LogP contribution is 2.06. The van der Waals surface area contributed by atoms with Gasteiger partial charge in [0, 0.05) is 0 Å². The monoisotopic (exact) mass is 156 g/mol. The minimum absolute atomic E-state index is 0.436. The predicted octanol–water partition coefficient (Wildman–Crippen LogP) is 1.26. The summed E-state index contributed by atoms with van der Waals surface area (Å²) in [6.07, 6.45) is 1.24. The third kappa shape index (κ3) is 1.73. The second kappa shape index (κ2) is 3.09. The van der Waals surface area contributed by atoms with Crippen LogP contribution >= 0.6 is 0 Å². The topological polar surface area (TPSA) is 38.4 Å². The average Bonchev–Trinajstić information content (AvgIpc) is 1.98. The summed E-state index contributed by atoms with van der Waals surface area (Å²) in [5.41, 5.74) is 0.436. The Kier molecular flexibility index (Phi) is 2.15. The highest BCUT2D eigenvalue weighted by atomic mass is 19.2. The first kappa shape index (κ1) is 7.65. The molecule has 2 nitrogen and oxygen atoms in total. The van der Waals surface area contributed by atoms with E-state index in [0.717, 1.165) is 12.1 Å². The molecule has 0 radical (unpaired) electrons. The van der Waals surface area contributed by atoms with Crippen molar-refractivity contribution in [3.63, 3.8) is 0 Å². The molecule has 58 valence electrons. The van der Waals surface area contributed by atoms with E-state index in [0.29, 0.717) is 5.56 Å². The van der Waals surface area contributed by atoms with E-state index < -0.39 is 11.6 Å². The van der Waals surface area contributed by atoms with Gasteiger partial charge in [-0.15, -0.1) is 0 Å². The van der Waals surface area contributed by atoms with Gasteiger partial charge >= 0.3 is 0 Å². The molecule has 0 atom stereocenters. The highest BCUT2D eigenvalue weighted by molar-refractivity contribution is 5.79. The van der Waals surface area contributed by atoms with Crippen molar-refractivity contribution in [2.75, 3.05) is 0 Å². The van der Waals surface area contributed by atoms with E-state index in [4.69, 9.17) is 5.84 Å². The van der Waals surface area contributed by atoms with Crippen LogP contribution in [0.2, 0.25) is 0 Å². The lowest BCUT2D eigenvalue weighted by molar-refractivity contribution is 0.508. The standard InChI is InChI=1S/C7H6F2N2/c8-6-2-1-5(4-11-10)3-7(6)9/h1-4H,10H2/b11-4+. The van der Waals surface area contributed by atoms with Crippen LogP contribution in [0.4, 0.5) is 8.78 Å². The highest BCUT2D eigenvalue weighted by Gasteiger charge is 1.99. The van der Waals surface area contributed by atoms with Gasteiger partial charge in [0.15, 0.2) is 11.6 Å². The van der Waals surface area contributed by atoms with Gasteiger partial charge in [0.1, 0.15) is 0 Å². The minimum Gasteiger partial charge on any atom is -0.323 e. The molecule has 0 aliphatic heterocycles. The van der Waals surface area contributed by atoms with Gasteiger partial charge < -0.3 is 5.84 Å². The van der Waals surface area contributed by atoms with E-state index in [2.05, 4.69) is 5.10 Å². The first-order valence-corrected chi connectivity index (χ1v) is 2.92. The van der Waals surface area contributed by atoms with Crippen LogP contribution in [0.5, 0.6) is 0 Å². The smallest absolute Gasteiger partial charge is 0.159 e. The van der Waals surface area contributed by atoms with Crippen LogP contribution in [0, 0.1) is 11.6 Å². The molecule has 1 aromatic carbocycles. The van der Waals surface area contributed by atoms with E-state index >= 15 is 0 Å². The molecule has 0 bridgehead atoms. The third-order valence-electron chi connectivity index (χ3n) is 1.17. The molecule has 11 heavy (non-hydrogen) atoms. The fourth-order valence-electron chi connectivity index (χ4n) is 0.679. The van der Waals surface area contributed by atoms with Gasteiger partial charge in [-0.25, -0.2) is 8.78 Å². The second-order valence-electron chi connectivity index (χ2n) is 1.95. The molecular weight excluding hydrogens is 150 g/mol. The molecule has 0 aliphatic carbocycles. The molecule has 0 spiro atoms. The van der Waals surface area contributed by atoms with Gasteiger partial charge in [-0.3, -0.25) is 0 Å². The molecule has 4 heteroatoms. The molecule has 1 rings (SSSR count). The molecule has 0 saturated carbocycles. The van der Waals surface area contributed by atoms with E-state index in [1.54, 1.807) is 0 Å². The lowest BCUT2D eigenvalue weighted by Crippen LogP contribution is -1.89. The van der Waals surface area contributed by atoms with Crippen molar-refractivity contribution in [2.45, 2.75) is 0 Å². The van der Waals surface area contributed by atoms with Gasteiger partial charge in [-0.05, 0) is 17.7 Å². The Hall–Kier alpha value is -1.45. The summed E-state index contributed by atoms with van der Waals surface area (Å²) in [6.45, 7) is 0. The second-order valence-corrected chi connectivity index (χ2v) is 1.95. The van der Waals surface area contributed by atoms with Crippen LogP contribution in [-0.4, -0.2) is 6.21 Å². The quantitative estimate of drug-likeness (QED) is 0.371. The summed E-state index contributed by atoms with van der Waals surface area (Å²) < 4.78 is 24.7. The van der Waals surface area contributed by atoms with Crippen LogP contribution in [0.15, 0.2) is 23.3 Å². The summed E-state index contributed by atoms with van der Waals surface area (Å²) in [5.74, 6) is 3.03. The summed E-state index contributed by atoms with van der Waals surface area (Å²) in [7, 11) is 0. The molecule has 1 aromatic rings. The van der Waals surface area contributed by atoms with Gasteiger partial charge in [0.05, 0.1) is 6.21 Å². The van der Waals surface area contributed by atoms with Gasteiger partial charge in [0.25, 0.3) is 0 Å². The van der Waals surface area contributed by atoms with Crippen molar-refractivity contribution in [2.24, 2.45) is 10.9 Å². The Morgan fingerprint density at radius 2 is 2.00 bits per heavy atom.